The predicted octanol–water partition coefficient (Wildman–Crippen LogP) is 2.94. The molecule has 0 spiro atoms. The molecule has 0 saturated carbocycles. The summed E-state index contributed by atoms with van der Waals surface area (Å²) in [4.78, 5) is 11.0. The second kappa shape index (κ2) is 10.1. The molecular formula is C16H27IN4S2. The zero-order valence-corrected chi connectivity index (χ0v) is 17.5. The molecule has 1 aromatic rings. The van der Waals surface area contributed by atoms with Crippen molar-refractivity contribution in [3.8, 4) is 0 Å². The van der Waals surface area contributed by atoms with Crippen LogP contribution in [0.3, 0.4) is 0 Å². The number of thiophene rings is 1. The Morgan fingerprint density at radius 2 is 2.13 bits per heavy atom. The lowest BCUT2D eigenvalue weighted by Gasteiger charge is -2.32. The van der Waals surface area contributed by atoms with Crippen molar-refractivity contribution in [2.24, 2.45) is 16.6 Å². The Labute approximate surface area is 164 Å². The third-order valence-electron chi connectivity index (χ3n) is 4.41. The Morgan fingerprint density at radius 3 is 2.87 bits per heavy atom. The molecule has 4 nitrogen and oxygen atoms in total. The van der Waals surface area contributed by atoms with E-state index in [1.54, 1.807) is 0 Å². The van der Waals surface area contributed by atoms with E-state index >= 15 is 0 Å². The molecule has 1 aromatic heterocycles. The maximum Gasteiger partial charge on any atom is 0.191 e. The lowest BCUT2D eigenvalue weighted by atomic mass is 9.98. The van der Waals surface area contributed by atoms with Gasteiger partial charge in [-0.05, 0) is 36.8 Å². The van der Waals surface area contributed by atoms with Gasteiger partial charge in [0.15, 0.2) is 5.96 Å². The van der Waals surface area contributed by atoms with E-state index in [9.17, 15) is 0 Å². The summed E-state index contributed by atoms with van der Waals surface area (Å²) in [6.45, 7) is 6.46. The predicted molar refractivity (Wildman–Crippen MR) is 113 cm³/mol. The first kappa shape index (κ1) is 19.3. The summed E-state index contributed by atoms with van der Waals surface area (Å²) in [5.74, 6) is 3.77. The van der Waals surface area contributed by atoms with Gasteiger partial charge in [0.2, 0.25) is 0 Å². The third-order valence-corrected chi connectivity index (χ3v) is 6.21. The normalized spacial score (nSPS) is 23.6. The number of thioether (sulfide) groups is 1. The zero-order chi connectivity index (χ0) is 15.2. The molecule has 3 heterocycles. The number of nitrogens with zero attached hydrogens (tertiary/aromatic N) is 3. The van der Waals surface area contributed by atoms with Gasteiger partial charge in [-0.2, -0.15) is 11.8 Å². The van der Waals surface area contributed by atoms with Crippen LogP contribution in [0.25, 0.3) is 0 Å². The maximum absolute atomic E-state index is 6.16. The lowest BCUT2D eigenvalue weighted by Crippen LogP contribution is -2.43. The molecule has 1 atom stereocenters. The Morgan fingerprint density at radius 1 is 1.30 bits per heavy atom. The highest BCUT2D eigenvalue weighted by Gasteiger charge is 2.20. The number of piperidine rings is 1. The summed E-state index contributed by atoms with van der Waals surface area (Å²) in [6.07, 6.45) is 2.57. The molecular weight excluding hydrogens is 439 g/mol. The molecule has 0 aromatic carbocycles. The standard InChI is InChI=1S/C16H26N4S2.HI/c17-16(20-6-9-21-10-7-20)18-11-14-3-1-5-19(12-14)13-15-4-2-8-22-15;/h2,4,8,14H,1,3,5-7,9-13H2,(H2,17,18);1H. The summed E-state index contributed by atoms with van der Waals surface area (Å²) < 4.78 is 0. The minimum absolute atomic E-state index is 0. The Balaban J connectivity index is 0.00000192. The largest absolute Gasteiger partial charge is 0.370 e. The number of likely N-dealkylation sites (tertiary alicyclic amines) is 1. The first-order valence-electron chi connectivity index (χ1n) is 8.18. The van der Waals surface area contributed by atoms with Crippen molar-refractivity contribution in [3.63, 3.8) is 0 Å². The van der Waals surface area contributed by atoms with E-state index in [0.29, 0.717) is 5.92 Å². The third kappa shape index (κ3) is 6.10. The van der Waals surface area contributed by atoms with Crippen molar-refractivity contribution >= 4 is 53.0 Å². The van der Waals surface area contributed by atoms with E-state index in [1.807, 2.05) is 23.1 Å². The van der Waals surface area contributed by atoms with Gasteiger partial charge in [-0.15, -0.1) is 35.3 Å². The van der Waals surface area contributed by atoms with Gasteiger partial charge < -0.3 is 10.6 Å². The smallest absolute Gasteiger partial charge is 0.191 e. The van der Waals surface area contributed by atoms with Crippen LogP contribution in [0.2, 0.25) is 0 Å². The van der Waals surface area contributed by atoms with Gasteiger partial charge in [0.25, 0.3) is 0 Å². The molecule has 3 rings (SSSR count). The van der Waals surface area contributed by atoms with Crippen molar-refractivity contribution < 1.29 is 0 Å². The van der Waals surface area contributed by atoms with E-state index in [1.165, 1.54) is 35.8 Å². The summed E-state index contributed by atoms with van der Waals surface area (Å²) in [7, 11) is 0. The molecule has 2 aliphatic heterocycles. The summed E-state index contributed by atoms with van der Waals surface area (Å²) in [5, 5.41) is 2.17. The van der Waals surface area contributed by atoms with Crippen molar-refractivity contribution in [1.82, 2.24) is 9.80 Å². The van der Waals surface area contributed by atoms with Crippen LogP contribution in [0.5, 0.6) is 0 Å². The van der Waals surface area contributed by atoms with Crippen molar-refractivity contribution in [1.29, 1.82) is 0 Å². The summed E-state index contributed by atoms with van der Waals surface area (Å²) in [5.41, 5.74) is 6.16. The number of halogens is 1. The van der Waals surface area contributed by atoms with Crippen LogP contribution in [0.4, 0.5) is 0 Å². The molecule has 0 bridgehead atoms. The van der Waals surface area contributed by atoms with E-state index in [-0.39, 0.29) is 24.0 Å². The molecule has 0 radical (unpaired) electrons. The molecule has 0 aliphatic carbocycles. The van der Waals surface area contributed by atoms with E-state index < -0.39 is 0 Å². The van der Waals surface area contributed by atoms with Crippen LogP contribution in [-0.2, 0) is 6.54 Å². The molecule has 130 valence electrons. The monoisotopic (exact) mass is 466 g/mol. The van der Waals surface area contributed by atoms with Crippen molar-refractivity contribution in [2.75, 3.05) is 44.2 Å². The number of guanidine groups is 1. The van der Waals surface area contributed by atoms with Gasteiger partial charge in [0.1, 0.15) is 0 Å². The van der Waals surface area contributed by atoms with Crippen LogP contribution >= 0.6 is 47.1 Å². The maximum atomic E-state index is 6.16. The highest BCUT2D eigenvalue weighted by molar-refractivity contribution is 14.0. The van der Waals surface area contributed by atoms with Crippen LogP contribution < -0.4 is 5.73 Å². The Hall–Kier alpha value is 0.0100. The van der Waals surface area contributed by atoms with Gasteiger partial charge in [-0.1, -0.05) is 6.07 Å². The highest BCUT2D eigenvalue weighted by atomic mass is 127. The Bertz CT molecular complexity index is 474. The molecule has 23 heavy (non-hydrogen) atoms. The van der Waals surface area contributed by atoms with Crippen LogP contribution in [0, 0.1) is 5.92 Å². The summed E-state index contributed by atoms with van der Waals surface area (Å²) in [6, 6.07) is 4.38. The minimum Gasteiger partial charge on any atom is -0.370 e. The number of hydrogen-bond donors (Lipinski definition) is 1. The fraction of sp³-hybridized carbons (Fsp3) is 0.688. The van der Waals surface area contributed by atoms with Crippen LogP contribution in [0.1, 0.15) is 17.7 Å². The van der Waals surface area contributed by atoms with Gasteiger partial charge >= 0.3 is 0 Å². The molecule has 2 fully saturated rings. The first-order valence-corrected chi connectivity index (χ1v) is 10.2. The highest BCUT2D eigenvalue weighted by Crippen LogP contribution is 2.20. The van der Waals surface area contributed by atoms with Gasteiger partial charge in [0, 0.05) is 49.1 Å². The molecule has 1 unspecified atom stereocenters. The minimum atomic E-state index is 0. The quantitative estimate of drug-likeness (QED) is 0.421. The van der Waals surface area contributed by atoms with E-state index in [2.05, 4.69) is 27.3 Å². The second-order valence-corrected chi connectivity index (χ2v) is 8.38. The average Bonchev–Trinajstić information content (AvgIpc) is 3.07. The average molecular weight is 466 g/mol. The first-order chi connectivity index (χ1) is 10.8. The topological polar surface area (TPSA) is 44.9 Å². The fourth-order valence-electron chi connectivity index (χ4n) is 3.18. The van der Waals surface area contributed by atoms with Gasteiger partial charge in [0.05, 0.1) is 0 Å². The lowest BCUT2D eigenvalue weighted by molar-refractivity contribution is 0.172. The molecule has 0 amide bonds. The van der Waals surface area contributed by atoms with Crippen LogP contribution in [-0.4, -0.2) is 60.0 Å². The number of hydrogen-bond acceptors (Lipinski definition) is 4. The number of nitrogens with two attached hydrogens (primary N) is 1. The molecule has 7 heteroatoms. The Kier molecular flexibility index (Phi) is 8.49. The summed E-state index contributed by atoms with van der Waals surface area (Å²) >= 11 is 3.86. The number of rotatable bonds is 4. The second-order valence-electron chi connectivity index (χ2n) is 6.12. The van der Waals surface area contributed by atoms with Crippen molar-refractivity contribution in [2.45, 2.75) is 19.4 Å². The SMILES string of the molecule is I.NC(=NCC1CCCN(Cc2cccs2)C1)N1CCSCC1. The van der Waals surface area contributed by atoms with Crippen LogP contribution in [0.15, 0.2) is 22.5 Å². The molecule has 2 saturated heterocycles. The molecule has 2 N–H and O–H groups in total. The van der Waals surface area contributed by atoms with E-state index in [4.69, 9.17) is 10.7 Å². The fourth-order valence-corrected chi connectivity index (χ4v) is 4.83. The van der Waals surface area contributed by atoms with E-state index in [0.717, 1.165) is 38.7 Å². The van der Waals surface area contributed by atoms with Gasteiger partial charge in [-0.25, -0.2) is 0 Å². The van der Waals surface area contributed by atoms with Crippen molar-refractivity contribution in [3.05, 3.63) is 22.4 Å². The van der Waals surface area contributed by atoms with Gasteiger partial charge in [-0.3, -0.25) is 9.89 Å². The zero-order valence-electron chi connectivity index (χ0n) is 13.5. The number of aliphatic imine (C=N–C) groups is 1. The molecule has 2 aliphatic rings.